The Morgan fingerprint density at radius 3 is 2.50 bits per heavy atom. The Balaban J connectivity index is 1.91. The summed E-state index contributed by atoms with van der Waals surface area (Å²) in [7, 11) is 0.0293. The highest BCUT2D eigenvalue weighted by Crippen LogP contribution is 2.25. The van der Waals surface area contributed by atoms with Crippen LogP contribution in [0.15, 0.2) is 42.5 Å². The predicted octanol–water partition coefficient (Wildman–Crippen LogP) is 4.36. The van der Waals surface area contributed by atoms with Gasteiger partial charge < -0.3 is 4.90 Å². The second kappa shape index (κ2) is 8.61. The lowest BCUT2D eigenvalue weighted by atomic mass is 10.2. The zero-order valence-electron chi connectivity index (χ0n) is 15.7. The number of anilines is 1. The van der Waals surface area contributed by atoms with E-state index in [4.69, 9.17) is 16.2 Å². The number of hydrogen-bond acceptors (Lipinski definition) is 4. The van der Waals surface area contributed by atoms with E-state index in [1.165, 1.54) is 0 Å². The van der Waals surface area contributed by atoms with Crippen LogP contribution in [-0.2, 0) is 16.7 Å². The van der Waals surface area contributed by atoms with Crippen molar-refractivity contribution in [3.8, 4) is 0 Å². The van der Waals surface area contributed by atoms with Crippen LogP contribution in [0.4, 0.5) is 5.69 Å². The maximum Gasteiger partial charge on any atom is 0.265 e. The van der Waals surface area contributed by atoms with Crippen molar-refractivity contribution in [2.45, 2.75) is 13.0 Å². The van der Waals surface area contributed by atoms with Crippen LogP contribution in [0.5, 0.6) is 0 Å². The first-order valence-corrected chi connectivity index (χ1v) is 11.6. The molecule has 1 heterocycles. The quantitative estimate of drug-likeness (QED) is 0.440. The summed E-state index contributed by atoms with van der Waals surface area (Å²) < 4.78 is 34.2. The molecule has 0 spiro atoms. The Morgan fingerprint density at radius 2 is 1.86 bits per heavy atom. The highest BCUT2D eigenvalue weighted by Gasteiger charge is 2.19. The van der Waals surface area contributed by atoms with E-state index >= 15 is 0 Å². The number of thiazole rings is 1. The maximum absolute atomic E-state index is 11.1. The standard InChI is InChI=1S/C20H21ClN2O3S2/c1-22(2)17-8-4-15(5-9-17)6-11-20-23(12-3-13-28(24,25)26)18-14-16(21)7-10-19(18)27-20/h4-11,14H,3,12-13H2,1-2H3/p+1. The minimum atomic E-state index is -3.98. The lowest BCUT2D eigenvalue weighted by Gasteiger charge is -2.11. The molecule has 2 aromatic carbocycles. The van der Waals surface area contributed by atoms with Crippen LogP contribution in [0.3, 0.4) is 0 Å². The number of hydrogen-bond donors (Lipinski definition) is 1. The maximum atomic E-state index is 11.1. The van der Waals surface area contributed by atoms with Gasteiger partial charge in [0, 0.05) is 43.4 Å². The van der Waals surface area contributed by atoms with Gasteiger partial charge in [-0.1, -0.05) is 35.1 Å². The van der Waals surface area contributed by atoms with Crippen LogP contribution in [0.25, 0.3) is 22.4 Å². The summed E-state index contributed by atoms with van der Waals surface area (Å²) in [5.74, 6) is -0.271. The van der Waals surface area contributed by atoms with Gasteiger partial charge in [-0.2, -0.15) is 13.0 Å². The van der Waals surface area contributed by atoms with E-state index in [1.54, 1.807) is 11.3 Å². The summed E-state index contributed by atoms with van der Waals surface area (Å²) in [6.07, 6.45) is 4.38. The Kier molecular flexibility index (Phi) is 6.40. The van der Waals surface area contributed by atoms with Gasteiger partial charge in [-0.05, 0) is 35.9 Å². The monoisotopic (exact) mass is 437 g/mol. The molecule has 5 nitrogen and oxygen atoms in total. The first-order chi connectivity index (χ1) is 13.2. The van der Waals surface area contributed by atoms with Crippen LogP contribution in [0.2, 0.25) is 5.02 Å². The molecular formula is C20H22ClN2O3S2+. The van der Waals surface area contributed by atoms with Crippen LogP contribution in [0.1, 0.15) is 17.0 Å². The normalized spacial score (nSPS) is 12.1. The summed E-state index contributed by atoms with van der Waals surface area (Å²) >= 11 is 7.77. The van der Waals surface area contributed by atoms with Crippen LogP contribution in [-0.4, -0.2) is 32.8 Å². The van der Waals surface area contributed by atoms with Crippen molar-refractivity contribution in [2.24, 2.45) is 0 Å². The zero-order chi connectivity index (χ0) is 20.3. The van der Waals surface area contributed by atoms with E-state index in [1.807, 2.05) is 53.9 Å². The zero-order valence-corrected chi connectivity index (χ0v) is 18.1. The molecule has 0 radical (unpaired) electrons. The summed E-state index contributed by atoms with van der Waals surface area (Å²) in [4.78, 5) is 2.05. The molecule has 0 amide bonds. The predicted molar refractivity (Wildman–Crippen MR) is 118 cm³/mol. The molecule has 0 atom stereocenters. The summed E-state index contributed by atoms with van der Waals surface area (Å²) in [5.41, 5.74) is 3.16. The molecular weight excluding hydrogens is 416 g/mol. The summed E-state index contributed by atoms with van der Waals surface area (Å²) in [6.45, 7) is 0.472. The number of halogens is 1. The molecule has 0 unspecified atom stereocenters. The molecule has 148 valence electrons. The molecule has 0 saturated heterocycles. The van der Waals surface area contributed by atoms with Crippen LogP contribution >= 0.6 is 22.9 Å². The third-order valence-electron chi connectivity index (χ3n) is 4.30. The molecule has 0 aliphatic rings. The van der Waals surface area contributed by atoms with Crippen molar-refractivity contribution in [2.75, 3.05) is 24.7 Å². The largest absolute Gasteiger partial charge is 0.378 e. The second-order valence-corrected chi connectivity index (χ2v) is 9.73. The summed E-state index contributed by atoms with van der Waals surface area (Å²) in [5, 5.41) is 1.62. The Hall–Kier alpha value is -1.93. The Labute approximate surface area is 174 Å². The molecule has 28 heavy (non-hydrogen) atoms. The highest BCUT2D eigenvalue weighted by atomic mass is 35.5. The summed E-state index contributed by atoms with van der Waals surface area (Å²) in [6, 6.07) is 13.9. The number of benzene rings is 2. The first-order valence-electron chi connectivity index (χ1n) is 8.75. The average molecular weight is 438 g/mol. The number of aromatic nitrogens is 1. The number of fused-ring (bicyclic) bond motifs is 1. The average Bonchev–Trinajstić information content (AvgIpc) is 2.96. The van der Waals surface area contributed by atoms with Gasteiger partial charge >= 0.3 is 0 Å². The topological polar surface area (TPSA) is 61.5 Å². The highest BCUT2D eigenvalue weighted by molar-refractivity contribution is 7.85. The minimum Gasteiger partial charge on any atom is -0.378 e. The molecule has 0 aliphatic carbocycles. The van der Waals surface area contributed by atoms with Crippen molar-refractivity contribution in [1.82, 2.24) is 0 Å². The fraction of sp³-hybridized carbons (Fsp3) is 0.250. The third-order valence-corrected chi connectivity index (χ3v) is 6.47. The molecule has 1 N–H and O–H groups in total. The second-order valence-electron chi connectivity index (χ2n) is 6.66. The van der Waals surface area contributed by atoms with Crippen molar-refractivity contribution in [1.29, 1.82) is 0 Å². The lowest BCUT2D eigenvalue weighted by molar-refractivity contribution is -0.668. The number of aryl methyl sites for hydroxylation is 1. The Bertz CT molecular complexity index is 1100. The smallest absolute Gasteiger partial charge is 0.265 e. The SMILES string of the molecule is CN(C)c1ccc(/C=C/c2sc3ccc(Cl)cc3[n+]2CCCS(=O)(=O)O)cc1. The third kappa shape index (κ3) is 5.32. The van der Waals surface area contributed by atoms with E-state index < -0.39 is 10.1 Å². The number of nitrogens with zero attached hydrogens (tertiary/aromatic N) is 2. The minimum absolute atomic E-state index is 0.271. The molecule has 0 fully saturated rings. The van der Waals surface area contributed by atoms with Gasteiger partial charge in [0.2, 0.25) is 5.52 Å². The van der Waals surface area contributed by atoms with Crippen LogP contribution in [0, 0.1) is 0 Å². The molecule has 3 aromatic rings. The lowest BCUT2D eigenvalue weighted by Crippen LogP contribution is -2.36. The van der Waals surface area contributed by atoms with Crippen molar-refractivity contribution >= 4 is 61.1 Å². The molecule has 3 rings (SSSR count). The van der Waals surface area contributed by atoms with Crippen molar-refractivity contribution in [3.63, 3.8) is 0 Å². The van der Waals surface area contributed by atoms with Gasteiger partial charge in [0.25, 0.3) is 15.1 Å². The van der Waals surface area contributed by atoms with Gasteiger partial charge in [0.05, 0.1) is 5.75 Å². The number of rotatable bonds is 7. The van der Waals surface area contributed by atoms with E-state index in [0.29, 0.717) is 18.0 Å². The Morgan fingerprint density at radius 1 is 1.14 bits per heavy atom. The fourth-order valence-corrected chi connectivity index (χ4v) is 4.62. The van der Waals surface area contributed by atoms with E-state index in [9.17, 15) is 8.42 Å². The van der Waals surface area contributed by atoms with Crippen molar-refractivity contribution < 1.29 is 17.5 Å². The van der Waals surface area contributed by atoms with Gasteiger partial charge in [-0.15, -0.1) is 0 Å². The molecule has 1 aromatic heterocycles. The fourth-order valence-electron chi connectivity index (χ4n) is 2.89. The molecule has 0 bridgehead atoms. The van der Waals surface area contributed by atoms with E-state index in [-0.39, 0.29) is 5.75 Å². The van der Waals surface area contributed by atoms with E-state index in [0.717, 1.165) is 26.5 Å². The first kappa shape index (κ1) is 20.8. The van der Waals surface area contributed by atoms with Crippen LogP contribution < -0.4 is 9.47 Å². The molecule has 0 saturated carbocycles. The van der Waals surface area contributed by atoms with Gasteiger partial charge in [0.15, 0.2) is 6.54 Å². The van der Waals surface area contributed by atoms with Gasteiger partial charge in [-0.3, -0.25) is 4.55 Å². The van der Waals surface area contributed by atoms with Gasteiger partial charge in [0.1, 0.15) is 4.70 Å². The van der Waals surface area contributed by atoms with E-state index in [2.05, 4.69) is 24.3 Å². The van der Waals surface area contributed by atoms with Crippen molar-refractivity contribution in [3.05, 3.63) is 58.1 Å². The molecule has 0 aliphatic heterocycles. The molecule has 8 heteroatoms. The van der Waals surface area contributed by atoms with Gasteiger partial charge in [-0.25, -0.2) is 0 Å².